The van der Waals surface area contributed by atoms with Crippen LogP contribution < -0.4 is 4.90 Å². The van der Waals surface area contributed by atoms with Gasteiger partial charge in [-0.3, -0.25) is 4.79 Å². The Morgan fingerprint density at radius 2 is 1.61 bits per heavy atom. The number of quaternary nitrogens is 1. The first-order chi connectivity index (χ1) is 13.8. The van der Waals surface area contributed by atoms with Crippen LogP contribution in [0.2, 0.25) is 0 Å². The van der Waals surface area contributed by atoms with E-state index in [2.05, 4.69) is 47.6 Å². The van der Waals surface area contributed by atoms with Crippen LogP contribution in [-0.4, -0.2) is 42.0 Å². The molecule has 0 radical (unpaired) electrons. The maximum Gasteiger partial charge on any atom is 0.254 e. The molecule has 4 heteroatoms. The van der Waals surface area contributed by atoms with Gasteiger partial charge in [0.1, 0.15) is 6.54 Å². The summed E-state index contributed by atoms with van der Waals surface area (Å²) in [6.07, 6.45) is 2.13. The number of benzene rings is 3. The lowest BCUT2D eigenvalue weighted by Crippen LogP contribution is -3.13. The van der Waals surface area contributed by atoms with E-state index >= 15 is 0 Å². The highest BCUT2D eigenvalue weighted by Crippen LogP contribution is 2.20. The third kappa shape index (κ3) is 3.06. The van der Waals surface area contributed by atoms with Gasteiger partial charge in [-0.25, -0.2) is 0 Å². The van der Waals surface area contributed by atoms with Gasteiger partial charge in [-0.05, 0) is 22.9 Å². The highest BCUT2D eigenvalue weighted by atomic mass is 16.2. The van der Waals surface area contributed by atoms with Crippen LogP contribution in [0.5, 0.6) is 0 Å². The maximum atomic E-state index is 13.1. The Bertz CT molecular complexity index is 1130. The SMILES string of the molecule is O=C(c1cccc2ccccc12)N1CC[NH+](Cc2c[nH]c3ccccc23)CC1. The summed E-state index contributed by atoms with van der Waals surface area (Å²) >= 11 is 0. The Labute approximate surface area is 164 Å². The quantitative estimate of drug-likeness (QED) is 0.572. The van der Waals surface area contributed by atoms with Crippen LogP contribution in [0.25, 0.3) is 21.7 Å². The minimum Gasteiger partial charge on any atom is -0.361 e. The minimum atomic E-state index is 0.156. The average Bonchev–Trinajstić information content (AvgIpc) is 3.16. The van der Waals surface area contributed by atoms with E-state index in [1.165, 1.54) is 21.4 Å². The van der Waals surface area contributed by atoms with Gasteiger partial charge in [-0.2, -0.15) is 0 Å². The fraction of sp³-hybridized carbons (Fsp3) is 0.208. The molecule has 5 rings (SSSR count). The van der Waals surface area contributed by atoms with Gasteiger partial charge in [0.25, 0.3) is 5.91 Å². The molecule has 4 nitrogen and oxygen atoms in total. The number of hydrogen-bond acceptors (Lipinski definition) is 1. The number of aromatic nitrogens is 1. The van der Waals surface area contributed by atoms with E-state index in [4.69, 9.17) is 0 Å². The monoisotopic (exact) mass is 370 g/mol. The number of rotatable bonds is 3. The lowest BCUT2D eigenvalue weighted by molar-refractivity contribution is -0.917. The molecular weight excluding hydrogens is 346 g/mol. The third-order valence-electron chi connectivity index (χ3n) is 5.89. The van der Waals surface area contributed by atoms with Crippen LogP contribution in [0.1, 0.15) is 15.9 Å². The zero-order valence-electron chi connectivity index (χ0n) is 15.8. The van der Waals surface area contributed by atoms with Crippen molar-refractivity contribution in [2.45, 2.75) is 6.54 Å². The molecule has 0 atom stereocenters. The largest absolute Gasteiger partial charge is 0.361 e. The lowest BCUT2D eigenvalue weighted by atomic mass is 10.0. The molecule has 2 N–H and O–H groups in total. The van der Waals surface area contributed by atoms with Crippen molar-refractivity contribution in [1.29, 1.82) is 0 Å². The van der Waals surface area contributed by atoms with E-state index in [0.29, 0.717) is 0 Å². The van der Waals surface area contributed by atoms with Crippen LogP contribution in [0.3, 0.4) is 0 Å². The van der Waals surface area contributed by atoms with E-state index in [1.807, 2.05) is 35.2 Å². The molecule has 1 fully saturated rings. The van der Waals surface area contributed by atoms with Gasteiger partial charge in [-0.1, -0.05) is 54.6 Å². The Morgan fingerprint density at radius 3 is 2.46 bits per heavy atom. The Balaban J connectivity index is 1.28. The fourth-order valence-electron chi connectivity index (χ4n) is 4.33. The van der Waals surface area contributed by atoms with Crippen molar-refractivity contribution >= 4 is 27.6 Å². The fourth-order valence-corrected chi connectivity index (χ4v) is 4.33. The molecule has 140 valence electrons. The third-order valence-corrected chi connectivity index (χ3v) is 5.89. The molecule has 0 aliphatic carbocycles. The molecule has 0 saturated carbocycles. The molecule has 0 spiro atoms. The Hall–Kier alpha value is -3.11. The van der Waals surface area contributed by atoms with Crippen LogP contribution >= 0.6 is 0 Å². The molecule has 4 aromatic rings. The van der Waals surface area contributed by atoms with Gasteiger partial charge < -0.3 is 14.8 Å². The van der Waals surface area contributed by atoms with Crippen molar-refractivity contribution in [1.82, 2.24) is 9.88 Å². The normalized spacial score (nSPS) is 15.4. The number of para-hydroxylation sites is 1. The maximum absolute atomic E-state index is 13.1. The van der Waals surface area contributed by atoms with Gasteiger partial charge in [-0.15, -0.1) is 0 Å². The number of hydrogen-bond donors (Lipinski definition) is 2. The second-order valence-electron chi connectivity index (χ2n) is 7.61. The minimum absolute atomic E-state index is 0.156. The van der Waals surface area contributed by atoms with E-state index in [-0.39, 0.29) is 5.91 Å². The van der Waals surface area contributed by atoms with Gasteiger partial charge in [0.15, 0.2) is 0 Å². The van der Waals surface area contributed by atoms with E-state index in [9.17, 15) is 4.79 Å². The number of nitrogens with zero attached hydrogens (tertiary/aromatic N) is 1. The topological polar surface area (TPSA) is 40.5 Å². The highest BCUT2D eigenvalue weighted by molar-refractivity contribution is 6.07. The summed E-state index contributed by atoms with van der Waals surface area (Å²) in [6, 6.07) is 22.6. The molecule has 1 saturated heterocycles. The summed E-state index contributed by atoms with van der Waals surface area (Å²) in [7, 11) is 0. The predicted molar refractivity (Wildman–Crippen MR) is 113 cm³/mol. The number of nitrogens with one attached hydrogen (secondary N) is 2. The molecule has 1 amide bonds. The van der Waals surface area contributed by atoms with Crippen LogP contribution in [-0.2, 0) is 6.54 Å². The summed E-state index contributed by atoms with van der Waals surface area (Å²) in [4.78, 5) is 20.0. The standard InChI is InChI=1S/C24H23N3O/c28-24(22-10-5-7-18-6-1-2-8-20(18)22)27-14-12-26(13-15-27)17-19-16-25-23-11-4-3-9-21(19)23/h1-11,16,25H,12-15,17H2/p+1. The van der Waals surface area contributed by atoms with Crippen molar-refractivity contribution in [2.75, 3.05) is 26.2 Å². The number of H-pyrrole nitrogens is 1. The van der Waals surface area contributed by atoms with Crippen LogP contribution in [0.15, 0.2) is 72.9 Å². The van der Waals surface area contributed by atoms with Crippen molar-refractivity contribution in [2.24, 2.45) is 0 Å². The number of amides is 1. The van der Waals surface area contributed by atoms with Crippen molar-refractivity contribution in [3.05, 3.63) is 84.1 Å². The smallest absolute Gasteiger partial charge is 0.254 e. The molecule has 2 heterocycles. The summed E-state index contributed by atoms with van der Waals surface area (Å²) in [5.41, 5.74) is 3.37. The molecule has 0 bridgehead atoms. The van der Waals surface area contributed by atoms with Crippen molar-refractivity contribution in [3.63, 3.8) is 0 Å². The molecule has 1 aliphatic heterocycles. The second-order valence-corrected chi connectivity index (χ2v) is 7.61. The summed E-state index contributed by atoms with van der Waals surface area (Å²) < 4.78 is 0. The predicted octanol–water partition coefficient (Wildman–Crippen LogP) is 2.86. The Morgan fingerprint density at radius 1 is 0.893 bits per heavy atom. The number of aromatic amines is 1. The molecule has 1 aromatic heterocycles. The zero-order chi connectivity index (χ0) is 18.9. The zero-order valence-corrected chi connectivity index (χ0v) is 15.8. The first-order valence-electron chi connectivity index (χ1n) is 9.95. The van der Waals surface area contributed by atoms with Crippen molar-refractivity contribution in [3.8, 4) is 0 Å². The first-order valence-corrected chi connectivity index (χ1v) is 9.95. The summed E-state index contributed by atoms with van der Waals surface area (Å²) in [6.45, 7) is 4.58. The van der Waals surface area contributed by atoms with Gasteiger partial charge >= 0.3 is 0 Å². The van der Waals surface area contributed by atoms with E-state index in [0.717, 1.165) is 49.1 Å². The highest BCUT2D eigenvalue weighted by Gasteiger charge is 2.26. The van der Waals surface area contributed by atoms with Crippen LogP contribution in [0, 0.1) is 0 Å². The number of fused-ring (bicyclic) bond motifs is 2. The van der Waals surface area contributed by atoms with Crippen molar-refractivity contribution < 1.29 is 9.69 Å². The first kappa shape index (κ1) is 17.0. The van der Waals surface area contributed by atoms with E-state index < -0.39 is 0 Å². The van der Waals surface area contributed by atoms with Gasteiger partial charge in [0.05, 0.1) is 26.2 Å². The number of carbonyl (C=O) groups excluding carboxylic acids is 1. The van der Waals surface area contributed by atoms with Crippen LogP contribution in [0.4, 0.5) is 0 Å². The molecule has 1 aliphatic rings. The lowest BCUT2D eigenvalue weighted by Gasteiger charge is -2.32. The second kappa shape index (κ2) is 7.13. The number of piperazine rings is 1. The van der Waals surface area contributed by atoms with E-state index in [1.54, 1.807) is 0 Å². The molecule has 28 heavy (non-hydrogen) atoms. The summed E-state index contributed by atoms with van der Waals surface area (Å²) in [5, 5.41) is 3.48. The molecule has 0 unspecified atom stereocenters. The Kier molecular flexibility index (Phi) is 4.34. The average molecular weight is 370 g/mol. The number of carbonyl (C=O) groups is 1. The summed E-state index contributed by atoms with van der Waals surface area (Å²) in [5.74, 6) is 0.156. The van der Waals surface area contributed by atoms with Gasteiger partial charge in [0, 0.05) is 28.2 Å². The molecule has 3 aromatic carbocycles. The van der Waals surface area contributed by atoms with Gasteiger partial charge in [0.2, 0.25) is 0 Å². The molecular formula is C24H24N3O+.